The lowest BCUT2D eigenvalue weighted by atomic mass is 10.1. The van der Waals surface area contributed by atoms with Crippen molar-refractivity contribution in [1.29, 1.82) is 0 Å². The van der Waals surface area contributed by atoms with Crippen molar-refractivity contribution in [2.45, 2.75) is 6.04 Å². The summed E-state index contributed by atoms with van der Waals surface area (Å²) in [6.45, 7) is 1.88. The van der Waals surface area contributed by atoms with Gasteiger partial charge >= 0.3 is 0 Å². The first-order valence-corrected chi connectivity index (χ1v) is 4.77. The maximum absolute atomic E-state index is 5.76. The fourth-order valence-corrected chi connectivity index (χ4v) is 1.89. The van der Waals surface area contributed by atoms with E-state index in [9.17, 15) is 0 Å². The molecule has 0 unspecified atom stereocenters. The molecule has 0 aliphatic carbocycles. The Morgan fingerprint density at radius 1 is 1.36 bits per heavy atom. The van der Waals surface area contributed by atoms with Gasteiger partial charge in [-0.05, 0) is 12.1 Å². The van der Waals surface area contributed by atoms with Gasteiger partial charge in [-0.3, -0.25) is 4.40 Å². The first-order chi connectivity index (χ1) is 6.84. The van der Waals surface area contributed by atoms with E-state index in [0.29, 0.717) is 6.04 Å². The molecule has 3 heterocycles. The maximum Gasteiger partial charge on any atom is 0.138 e. The van der Waals surface area contributed by atoms with Crippen LogP contribution in [0.3, 0.4) is 0 Å². The second-order valence-electron chi connectivity index (χ2n) is 3.70. The Morgan fingerprint density at radius 3 is 3.00 bits per heavy atom. The van der Waals surface area contributed by atoms with Crippen LogP contribution in [0.1, 0.15) is 0 Å². The zero-order chi connectivity index (χ0) is 9.54. The van der Waals surface area contributed by atoms with E-state index in [1.807, 2.05) is 24.5 Å². The standard InChI is InChI=1S/C10H12N4/c11-8-6-13(7-8)10-3-1-2-9-12-4-5-14(9)10/h1-5,8H,6-7,11H2. The van der Waals surface area contributed by atoms with Gasteiger partial charge in [-0.2, -0.15) is 0 Å². The van der Waals surface area contributed by atoms with E-state index >= 15 is 0 Å². The van der Waals surface area contributed by atoms with E-state index in [-0.39, 0.29) is 0 Å². The maximum atomic E-state index is 5.76. The van der Waals surface area contributed by atoms with Crippen LogP contribution in [0.4, 0.5) is 5.82 Å². The van der Waals surface area contributed by atoms with Crippen LogP contribution in [0, 0.1) is 0 Å². The van der Waals surface area contributed by atoms with Crippen LogP contribution >= 0.6 is 0 Å². The van der Waals surface area contributed by atoms with Gasteiger partial charge in [0, 0.05) is 31.5 Å². The van der Waals surface area contributed by atoms with Crippen molar-refractivity contribution in [3.63, 3.8) is 0 Å². The van der Waals surface area contributed by atoms with E-state index < -0.39 is 0 Å². The average molecular weight is 188 g/mol. The van der Waals surface area contributed by atoms with Crippen LogP contribution in [-0.2, 0) is 0 Å². The summed E-state index contributed by atoms with van der Waals surface area (Å²) in [6.07, 6.45) is 3.80. The Bertz CT molecular complexity index is 456. The van der Waals surface area contributed by atoms with Gasteiger partial charge in [0.25, 0.3) is 0 Å². The quantitative estimate of drug-likeness (QED) is 0.708. The van der Waals surface area contributed by atoms with Crippen molar-refractivity contribution in [3.05, 3.63) is 30.6 Å². The van der Waals surface area contributed by atoms with E-state index in [1.54, 1.807) is 0 Å². The molecule has 14 heavy (non-hydrogen) atoms. The number of nitrogens with two attached hydrogens (primary N) is 1. The Morgan fingerprint density at radius 2 is 2.21 bits per heavy atom. The lowest BCUT2D eigenvalue weighted by Gasteiger charge is -2.38. The number of pyridine rings is 1. The van der Waals surface area contributed by atoms with Crippen molar-refractivity contribution in [3.8, 4) is 0 Å². The van der Waals surface area contributed by atoms with Gasteiger partial charge < -0.3 is 10.6 Å². The second-order valence-corrected chi connectivity index (χ2v) is 3.70. The van der Waals surface area contributed by atoms with Crippen LogP contribution in [0.5, 0.6) is 0 Å². The number of anilines is 1. The van der Waals surface area contributed by atoms with Gasteiger partial charge in [-0.1, -0.05) is 6.07 Å². The summed E-state index contributed by atoms with van der Waals surface area (Å²) in [6, 6.07) is 6.46. The van der Waals surface area contributed by atoms with Gasteiger partial charge in [0.2, 0.25) is 0 Å². The van der Waals surface area contributed by atoms with Crippen molar-refractivity contribution in [2.24, 2.45) is 5.73 Å². The number of nitrogens with zero attached hydrogens (tertiary/aromatic N) is 3. The van der Waals surface area contributed by atoms with Crippen molar-refractivity contribution >= 4 is 11.5 Å². The van der Waals surface area contributed by atoms with E-state index in [1.165, 1.54) is 5.82 Å². The molecule has 72 valence electrons. The molecule has 2 N–H and O–H groups in total. The molecule has 4 nitrogen and oxygen atoms in total. The van der Waals surface area contributed by atoms with Crippen LogP contribution < -0.4 is 10.6 Å². The second kappa shape index (κ2) is 2.72. The highest BCUT2D eigenvalue weighted by molar-refractivity contribution is 5.53. The Kier molecular flexibility index (Phi) is 1.52. The molecular weight excluding hydrogens is 176 g/mol. The number of hydrogen-bond donors (Lipinski definition) is 1. The topological polar surface area (TPSA) is 46.6 Å². The zero-order valence-electron chi connectivity index (χ0n) is 7.80. The van der Waals surface area contributed by atoms with Gasteiger partial charge in [-0.25, -0.2) is 4.98 Å². The third-order valence-corrected chi connectivity index (χ3v) is 2.64. The van der Waals surface area contributed by atoms with Crippen LogP contribution in [-0.4, -0.2) is 28.5 Å². The fraction of sp³-hybridized carbons (Fsp3) is 0.300. The van der Waals surface area contributed by atoms with Gasteiger partial charge in [0.15, 0.2) is 0 Å². The van der Waals surface area contributed by atoms with E-state index in [2.05, 4.69) is 20.4 Å². The molecule has 2 aromatic heterocycles. The number of fused-ring (bicyclic) bond motifs is 1. The molecule has 2 aromatic rings. The third kappa shape index (κ3) is 1.01. The highest BCUT2D eigenvalue weighted by Crippen LogP contribution is 2.20. The summed E-state index contributed by atoms with van der Waals surface area (Å²) in [5, 5.41) is 0. The number of imidazole rings is 1. The number of aromatic nitrogens is 2. The predicted molar refractivity (Wildman–Crippen MR) is 55.4 cm³/mol. The molecule has 0 amide bonds. The number of hydrogen-bond acceptors (Lipinski definition) is 3. The smallest absolute Gasteiger partial charge is 0.138 e. The minimum atomic E-state index is 0.328. The summed E-state index contributed by atoms with van der Waals surface area (Å²) < 4.78 is 2.09. The summed E-state index contributed by atoms with van der Waals surface area (Å²) >= 11 is 0. The average Bonchev–Trinajstić information content (AvgIpc) is 2.60. The monoisotopic (exact) mass is 188 g/mol. The Balaban J connectivity index is 2.07. The highest BCUT2D eigenvalue weighted by atomic mass is 15.3. The van der Waals surface area contributed by atoms with Crippen molar-refractivity contribution in [1.82, 2.24) is 9.38 Å². The largest absolute Gasteiger partial charge is 0.354 e. The van der Waals surface area contributed by atoms with Crippen molar-refractivity contribution < 1.29 is 0 Å². The summed E-state index contributed by atoms with van der Waals surface area (Å²) in [5.41, 5.74) is 6.75. The Labute approximate surface area is 82.0 Å². The van der Waals surface area contributed by atoms with Gasteiger partial charge in [0.05, 0.1) is 0 Å². The molecule has 0 bridgehead atoms. The van der Waals surface area contributed by atoms with Crippen LogP contribution in [0.15, 0.2) is 30.6 Å². The van der Waals surface area contributed by atoms with Gasteiger partial charge in [-0.15, -0.1) is 0 Å². The molecule has 1 fully saturated rings. The molecule has 1 aliphatic rings. The Hall–Kier alpha value is -1.55. The molecule has 0 radical (unpaired) electrons. The third-order valence-electron chi connectivity index (χ3n) is 2.64. The molecule has 0 aromatic carbocycles. The normalized spacial score (nSPS) is 17.4. The first kappa shape index (κ1) is 7.82. The molecule has 0 atom stereocenters. The zero-order valence-corrected chi connectivity index (χ0v) is 7.80. The predicted octanol–water partition coefficient (Wildman–Crippen LogP) is 0.482. The number of rotatable bonds is 1. The minimum absolute atomic E-state index is 0.328. The molecule has 1 aliphatic heterocycles. The van der Waals surface area contributed by atoms with E-state index in [4.69, 9.17) is 5.73 Å². The van der Waals surface area contributed by atoms with E-state index in [0.717, 1.165) is 18.7 Å². The summed E-state index contributed by atoms with van der Waals surface area (Å²) in [5.74, 6) is 1.18. The molecule has 0 saturated carbocycles. The summed E-state index contributed by atoms with van der Waals surface area (Å²) in [7, 11) is 0. The van der Waals surface area contributed by atoms with Crippen LogP contribution in [0.25, 0.3) is 5.65 Å². The first-order valence-electron chi connectivity index (χ1n) is 4.77. The molecular formula is C10H12N4. The lowest BCUT2D eigenvalue weighted by molar-refractivity contribution is 0.513. The lowest BCUT2D eigenvalue weighted by Crippen LogP contribution is -2.56. The fourth-order valence-electron chi connectivity index (χ4n) is 1.89. The minimum Gasteiger partial charge on any atom is -0.354 e. The molecule has 3 rings (SSSR count). The summed E-state index contributed by atoms with van der Waals surface area (Å²) in [4.78, 5) is 6.51. The molecule has 4 heteroatoms. The SMILES string of the molecule is NC1CN(c2cccc3nccn23)C1. The highest BCUT2D eigenvalue weighted by Gasteiger charge is 2.24. The molecule has 1 saturated heterocycles. The van der Waals surface area contributed by atoms with Crippen LogP contribution in [0.2, 0.25) is 0 Å². The van der Waals surface area contributed by atoms with Crippen molar-refractivity contribution in [2.75, 3.05) is 18.0 Å². The molecule has 0 spiro atoms. The van der Waals surface area contributed by atoms with Gasteiger partial charge in [0.1, 0.15) is 11.5 Å².